The van der Waals surface area contributed by atoms with Gasteiger partial charge in [0.25, 0.3) is 0 Å². The van der Waals surface area contributed by atoms with Gasteiger partial charge in [-0.1, -0.05) is 0 Å². The summed E-state index contributed by atoms with van der Waals surface area (Å²) in [7, 11) is 0. The molecule has 2 bridgehead atoms. The van der Waals surface area contributed by atoms with E-state index < -0.39 is 24.1 Å². The van der Waals surface area contributed by atoms with Crippen molar-refractivity contribution in [3.05, 3.63) is 0 Å². The lowest BCUT2D eigenvalue weighted by atomic mass is 9.74. The zero-order chi connectivity index (χ0) is 11.2. The van der Waals surface area contributed by atoms with Crippen LogP contribution in [-0.4, -0.2) is 45.0 Å². The molecular weight excluding hydrogens is 202 g/mol. The number of piperidine rings is 2. The Morgan fingerprint density at radius 2 is 1.93 bits per heavy atom. The van der Waals surface area contributed by atoms with Gasteiger partial charge in [0, 0.05) is 6.42 Å². The van der Waals surface area contributed by atoms with Crippen LogP contribution in [0.25, 0.3) is 0 Å². The van der Waals surface area contributed by atoms with Crippen molar-refractivity contribution in [2.24, 2.45) is 5.92 Å². The fourth-order valence-electron chi connectivity index (χ4n) is 2.59. The third-order valence-corrected chi connectivity index (χ3v) is 3.20. The molecule has 15 heavy (non-hydrogen) atoms. The minimum atomic E-state index is -1.31. The monoisotopic (exact) mass is 213 g/mol. The SMILES string of the molecule is O=C1C[C@H]2CC[C@@H]1N(C(=O)O)[C@H]2C(=O)O. The van der Waals surface area contributed by atoms with Gasteiger partial charge in [0.05, 0.1) is 6.04 Å². The van der Waals surface area contributed by atoms with E-state index in [2.05, 4.69) is 0 Å². The predicted molar refractivity (Wildman–Crippen MR) is 47.4 cm³/mol. The lowest BCUT2D eigenvalue weighted by molar-refractivity contribution is -0.154. The quantitative estimate of drug-likeness (QED) is 0.647. The Morgan fingerprint density at radius 3 is 2.40 bits per heavy atom. The molecule has 6 nitrogen and oxygen atoms in total. The molecule has 2 aliphatic heterocycles. The number of rotatable bonds is 1. The fourth-order valence-corrected chi connectivity index (χ4v) is 2.59. The molecule has 2 heterocycles. The van der Waals surface area contributed by atoms with Crippen LogP contribution in [0.3, 0.4) is 0 Å². The minimum Gasteiger partial charge on any atom is -0.480 e. The zero-order valence-corrected chi connectivity index (χ0v) is 7.92. The number of carboxylic acid groups (broad SMARTS) is 2. The Labute approximate surface area is 85.5 Å². The normalized spacial score (nSPS) is 34.3. The number of fused-ring (bicyclic) bond motifs is 3. The predicted octanol–water partition coefficient (Wildman–Crippen LogP) is 0.171. The van der Waals surface area contributed by atoms with E-state index in [4.69, 9.17) is 10.2 Å². The number of hydrogen-bond acceptors (Lipinski definition) is 3. The number of hydrogen-bond donors (Lipinski definition) is 2. The Balaban J connectivity index is 2.35. The van der Waals surface area contributed by atoms with Gasteiger partial charge < -0.3 is 10.2 Å². The zero-order valence-electron chi connectivity index (χ0n) is 7.92. The third kappa shape index (κ3) is 1.36. The summed E-state index contributed by atoms with van der Waals surface area (Å²) in [5.41, 5.74) is 0. The van der Waals surface area contributed by atoms with Crippen molar-refractivity contribution >= 4 is 17.8 Å². The van der Waals surface area contributed by atoms with E-state index >= 15 is 0 Å². The highest BCUT2D eigenvalue weighted by molar-refractivity contribution is 5.93. The smallest absolute Gasteiger partial charge is 0.408 e. The molecule has 3 atom stereocenters. The fraction of sp³-hybridized carbons (Fsp3) is 0.667. The first-order chi connectivity index (χ1) is 7.02. The molecule has 1 aliphatic carbocycles. The van der Waals surface area contributed by atoms with Gasteiger partial charge in [0.15, 0.2) is 5.78 Å². The van der Waals surface area contributed by atoms with Crippen LogP contribution in [0.5, 0.6) is 0 Å². The van der Waals surface area contributed by atoms with Gasteiger partial charge in [-0.25, -0.2) is 9.59 Å². The van der Waals surface area contributed by atoms with E-state index in [1.165, 1.54) is 0 Å². The molecule has 2 saturated heterocycles. The molecule has 3 aliphatic rings. The Bertz CT molecular complexity index is 339. The molecular formula is C9H11NO5. The van der Waals surface area contributed by atoms with Gasteiger partial charge >= 0.3 is 12.1 Å². The van der Waals surface area contributed by atoms with Gasteiger partial charge in [-0.3, -0.25) is 9.69 Å². The lowest BCUT2D eigenvalue weighted by Gasteiger charge is -2.46. The lowest BCUT2D eigenvalue weighted by Crippen LogP contribution is -2.63. The summed E-state index contributed by atoms with van der Waals surface area (Å²) in [4.78, 5) is 34.1. The third-order valence-electron chi connectivity index (χ3n) is 3.20. The first-order valence-corrected chi connectivity index (χ1v) is 4.79. The van der Waals surface area contributed by atoms with E-state index in [0.717, 1.165) is 4.90 Å². The van der Waals surface area contributed by atoms with Crippen molar-refractivity contribution in [3.63, 3.8) is 0 Å². The van der Waals surface area contributed by atoms with E-state index in [-0.39, 0.29) is 18.1 Å². The van der Waals surface area contributed by atoms with E-state index in [1.807, 2.05) is 0 Å². The van der Waals surface area contributed by atoms with E-state index in [0.29, 0.717) is 12.8 Å². The summed E-state index contributed by atoms with van der Waals surface area (Å²) in [6, 6.07) is -1.78. The average molecular weight is 213 g/mol. The molecule has 3 rings (SSSR count). The number of aliphatic carboxylic acids is 1. The minimum absolute atomic E-state index is 0.147. The van der Waals surface area contributed by atoms with Crippen LogP contribution in [0, 0.1) is 5.92 Å². The molecule has 2 N–H and O–H groups in total. The summed E-state index contributed by atoms with van der Waals surface area (Å²) in [5, 5.41) is 17.9. The second-order valence-electron chi connectivity index (χ2n) is 4.00. The van der Waals surface area contributed by atoms with Crippen LogP contribution >= 0.6 is 0 Å². The Hall–Kier alpha value is -1.59. The standard InChI is InChI=1S/C9H11NO5/c11-6-3-4-1-2-5(6)10(9(14)15)7(4)8(12)13/h4-5,7H,1-3H2,(H,12,13)(H,14,15)/t4-,5+,7-/m1/s1. The molecule has 1 saturated carbocycles. The second-order valence-corrected chi connectivity index (χ2v) is 4.00. The molecule has 0 unspecified atom stereocenters. The van der Waals surface area contributed by atoms with Crippen LogP contribution in [0.15, 0.2) is 0 Å². The summed E-state index contributed by atoms with van der Waals surface area (Å²) < 4.78 is 0. The van der Waals surface area contributed by atoms with E-state index in [1.54, 1.807) is 0 Å². The summed E-state index contributed by atoms with van der Waals surface area (Å²) in [5.74, 6) is -1.65. The largest absolute Gasteiger partial charge is 0.480 e. The number of amides is 1. The maximum absolute atomic E-state index is 11.4. The van der Waals surface area contributed by atoms with Crippen LogP contribution in [0.4, 0.5) is 4.79 Å². The number of carboxylic acids is 1. The van der Waals surface area contributed by atoms with Crippen molar-refractivity contribution in [3.8, 4) is 0 Å². The number of nitrogens with zero attached hydrogens (tertiary/aromatic N) is 1. The van der Waals surface area contributed by atoms with Crippen molar-refractivity contribution in [2.75, 3.05) is 0 Å². The topological polar surface area (TPSA) is 94.9 Å². The Kier molecular flexibility index (Phi) is 2.13. The van der Waals surface area contributed by atoms with E-state index in [9.17, 15) is 14.4 Å². The van der Waals surface area contributed by atoms with Gasteiger partial charge in [0.1, 0.15) is 6.04 Å². The van der Waals surface area contributed by atoms with Crippen molar-refractivity contribution < 1.29 is 24.6 Å². The van der Waals surface area contributed by atoms with Gasteiger partial charge in [-0.2, -0.15) is 0 Å². The van der Waals surface area contributed by atoms with Crippen LogP contribution in [0.1, 0.15) is 19.3 Å². The maximum atomic E-state index is 11.4. The molecule has 0 aromatic rings. The number of Topliss-reactive ketones (excluding diaryl/α,β-unsaturated/α-hetero) is 1. The van der Waals surface area contributed by atoms with Crippen molar-refractivity contribution in [2.45, 2.75) is 31.3 Å². The number of ketones is 1. The van der Waals surface area contributed by atoms with Crippen LogP contribution < -0.4 is 0 Å². The molecule has 0 aromatic carbocycles. The first-order valence-electron chi connectivity index (χ1n) is 4.79. The summed E-state index contributed by atoms with van der Waals surface area (Å²) >= 11 is 0. The maximum Gasteiger partial charge on any atom is 0.408 e. The van der Waals surface area contributed by atoms with Gasteiger partial charge in [0.2, 0.25) is 0 Å². The molecule has 0 aromatic heterocycles. The van der Waals surface area contributed by atoms with Gasteiger partial charge in [-0.05, 0) is 18.8 Å². The van der Waals surface area contributed by atoms with Gasteiger partial charge in [-0.15, -0.1) is 0 Å². The molecule has 82 valence electrons. The second kappa shape index (κ2) is 3.22. The molecule has 6 heteroatoms. The van der Waals surface area contributed by atoms with Crippen LogP contribution in [-0.2, 0) is 9.59 Å². The highest BCUT2D eigenvalue weighted by Crippen LogP contribution is 2.37. The highest BCUT2D eigenvalue weighted by Gasteiger charge is 2.51. The number of carbonyl (C=O) groups excluding carboxylic acids is 1. The summed E-state index contributed by atoms with van der Waals surface area (Å²) in [6.07, 6.45) is -0.0348. The number of carbonyl (C=O) groups is 3. The molecule has 3 fully saturated rings. The summed E-state index contributed by atoms with van der Waals surface area (Å²) in [6.45, 7) is 0. The van der Waals surface area contributed by atoms with Crippen molar-refractivity contribution in [1.29, 1.82) is 0 Å². The Morgan fingerprint density at radius 1 is 1.27 bits per heavy atom. The van der Waals surface area contributed by atoms with Crippen LogP contribution in [0.2, 0.25) is 0 Å². The highest BCUT2D eigenvalue weighted by atomic mass is 16.4. The first kappa shape index (κ1) is 9.95. The van der Waals surface area contributed by atoms with Crippen molar-refractivity contribution in [1.82, 2.24) is 4.90 Å². The average Bonchev–Trinajstić information content (AvgIpc) is 2.16. The molecule has 0 radical (unpaired) electrons. The molecule has 0 spiro atoms. The molecule has 1 amide bonds.